The van der Waals surface area contributed by atoms with E-state index < -0.39 is 0 Å². The number of benzene rings is 1. The molecule has 5 aromatic heterocycles. The Hall–Kier alpha value is -2.16. The fourth-order valence-electron chi connectivity index (χ4n) is 8.84. The lowest BCUT2D eigenvalue weighted by atomic mass is 10.0. The van der Waals surface area contributed by atoms with Crippen LogP contribution in [0.15, 0.2) is 47.2 Å². The molecule has 0 saturated heterocycles. The van der Waals surface area contributed by atoms with Crippen molar-refractivity contribution >= 4 is 68.1 Å². The van der Waals surface area contributed by atoms with Crippen molar-refractivity contribution in [2.75, 3.05) is 0 Å². The van der Waals surface area contributed by atoms with E-state index >= 15 is 0 Å². The molecule has 0 fully saturated rings. The highest BCUT2D eigenvalue weighted by atomic mass is 32.1. The lowest BCUT2D eigenvalue weighted by molar-refractivity contribution is 0.608. The van der Waals surface area contributed by atoms with Gasteiger partial charge in [-0.3, -0.25) is 0 Å². The summed E-state index contributed by atoms with van der Waals surface area (Å²) >= 11 is 9.28. The first kappa shape index (κ1) is 48.3. The minimum absolute atomic E-state index is 1.07. The van der Waals surface area contributed by atoms with Gasteiger partial charge in [-0.25, -0.2) is 0 Å². The molecule has 0 N–H and O–H groups in total. The molecule has 0 aliphatic carbocycles. The predicted molar refractivity (Wildman–Crippen MR) is 279 cm³/mol. The molecule has 0 aliphatic heterocycles. The molecule has 0 amide bonds. The van der Waals surface area contributed by atoms with Gasteiger partial charge in [-0.1, -0.05) is 168 Å². The third-order valence-electron chi connectivity index (χ3n) is 12.6. The summed E-state index contributed by atoms with van der Waals surface area (Å²) in [5.41, 5.74) is 10.7. The molecule has 0 atom stereocenters. The lowest BCUT2D eigenvalue weighted by Crippen LogP contribution is -1.87. The van der Waals surface area contributed by atoms with Gasteiger partial charge in [0.2, 0.25) is 0 Å². The highest BCUT2D eigenvalue weighted by Gasteiger charge is 2.21. The minimum atomic E-state index is 1.07. The summed E-state index contributed by atoms with van der Waals surface area (Å²) < 4.78 is 10.1. The number of nitrogens with zero attached hydrogens (tertiary/aromatic N) is 2. The van der Waals surface area contributed by atoms with E-state index in [0.29, 0.717) is 0 Å². The molecule has 0 saturated carbocycles. The van der Waals surface area contributed by atoms with Crippen LogP contribution in [0.2, 0.25) is 0 Å². The number of aryl methyl sites for hydroxylation is 4. The standard InChI is InChI=1S/C54H76N2S5/c1-5-9-13-17-21-25-29-41-35-49(57-39-41)53-43(31-27-23-19-15-11-7-3)37-47(59-53)45-33-34-46(52-51(45)55-61-56-52)48-38-44(32-28-24-20-16-12-8-4)54(60-48)50-36-42(40-58-50)30-26-22-18-14-10-6-2/h33-40H,5-32H2,1-4H3. The fraction of sp³-hybridized carbons (Fsp3) is 0.593. The van der Waals surface area contributed by atoms with Crippen molar-refractivity contribution in [3.05, 3.63) is 69.4 Å². The van der Waals surface area contributed by atoms with Gasteiger partial charge in [-0.15, -0.1) is 45.3 Å². The quantitative estimate of drug-likeness (QED) is 0.0394. The summed E-state index contributed by atoms with van der Waals surface area (Å²) in [6.07, 6.45) is 36.9. The van der Waals surface area contributed by atoms with E-state index in [-0.39, 0.29) is 0 Å². The second-order valence-corrected chi connectivity index (χ2v) is 22.2. The molecule has 2 nitrogen and oxygen atoms in total. The number of aromatic nitrogens is 2. The number of rotatable bonds is 32. The monoisotopic (exact) mass is 912 g/mol. The molecule has 7 heteroatoms. The van der Waals surface area contributed by atoms with Crippen LogP contribution in [0.1, 0.15) is 204 Å². The van der Waals surface area contributed by atoms with Gasteiger partial charge in [0.05, 0.1) is 11.7 Å². The zero-order valence-corrected chi connectivity index (χ0v) is 42.4. The highest BCUT2D eigenvalue weighted by molar-refractivity contribution is 7.24. The summed E-state index contributed by atoms with van der Waals surface area (Å²) in [6, 6.07) is 14.8. The van der Waals surface area contributed by atoms with Crippen LogP contribution in [0.3, 0.4) is 0 Å². The van der Waals surface area contributed by atoms with Crippen molar-refractivity contribution in [3.63, 3.8) is 0 Å². The third kappa shape index (κ3) is 14.7. The van der Waals surface area contributed by atoms with Gasteiger partial charge in [0.25, 0.3) is 0 Å². The first-order chi connectivity index (χ1) is 30.1. The van der Waals surface area contributed by atoms with Gasteiger partial charge < -0.3 is 0 Å². The Labute approximate surface area is 391 Å². The van der Waals surface area contributed by atoms with Gasteiger partial charge in [0.15, 0.2) is 0 Å². The zero-order valence-electron chi connectivity index (χ0n) is 38.4. The van der Waals surface area contributed by atoms with Crippen LogP contribution in [0.25, 0.3) is 51.4 Å². The average molecular weight is 914 g/mol. The third-order valence-corrected chi connectivity index (χ3v) is 17.8. The lowest BCUT2D eigenvalue weighted by Gasteiger charge is -2.04. The second-order valence-electron chi connectivity index (χ2n) is 17.8. The van der Waals surface area contributed by atoms with E-state index in [0.717, 1.165) is 23.9 Å². The topological polar surface area (TPSA) is 25.8 Å². The van der Waals surface area contributed by atoms with E-state index in [9.17, 15) is 0 Å². The smallest absolute Gasteiger partial charge is 0.114 e. The van der Waals surface area contributed by atoms with Crippen LogP contribution < -0.4 is 0 Å². The molecule has 332 valence electrons. The molecule has 1 aromatic carbocycles. The van der Waals surface area contributed by atoms with Crippen LogP contribution in [0.5, 0.6) is 0 Å². The van der Waals surface area contributed by atoms with Crippen LogP contribution in [0, 0.1) is 0 Å². The van der Waals surface area contributed by atoms with E-state index in [2.05, 4.69) is 74.9 Å². The van der Waals surface area contributed by atoms with Crippen LogP contribution in [0.4, 0.5) is 0 Å². The van der Waals surface area contributed by atoms with Crippen molar-refractivity contribution in [1.82, 2.24) is 8.75 Å². The summed E-state index contributed by atoms with van der Waals surface area (Å²) in [6.45, 7) is 9.23. The first-order valence-electron chi connectivity index (χ1n) is 24.8. The van der Waals surface area contributed by atoms with Crippen molar-refractivity contribution in [3.8, 4) is 40.4 Å². The molecular weight excluding hydrogens is 837 g/mol. The molecule has 0 unspecified atom stereocenters. The minimum Gasteiger partial charge on any atom is -0.172 e. The Kier molecular flexibility index (Phi) is 21.6. The largest absolute Gasteiger partial charge is 0.172 e. The van der Waals surface area contributed by atoms with Gasteiger partial charge in [0, 0.05) is 40.4 Å². The predicted octanol–water partition coefficient (Wildman–Crippen LogP) is 20.2. The zero-order chi connectivity index (χ0) is 42.5. The van der Waals surface area contributed by atoms with Crippen molar-refractivity contribution < 1.29 is 0 Å². The highest BCUT2D eigenvalue weighted by Crippen LogP contribution is 2.47. The summed E-state index contributed by atoms with van der Waals surface area (Å²) in [5, 5.41) is 4.88. The molecule has 0 radical (unpaired) electrons. The Morgan fingerprint density at radius 3 is 1.10 bits per heavy atom. The van der Waals surface area contributed by atoms with Gasteiger partial charge >= 0.3 is 0 Å². The Bertz CT molecular complexity index is 1960. The number of hydrogen-bond acceptors (Lipinski definition) is 7. The number of thiophene rings is 4. The van der Waals surface area contributed by atoms with Crippen LogP contribution >= 0.6 is 57.1 Å². The molecular formula is C54H76N2S5. The Morgan fingerprint density at radius 2 is 0.721 bits per heavy atom. The van der Waals surface area contributed by atoms with E-state index in [4.69, 9.17) is 8.75 Å². The first-order valence-corrected chi connectivity index (χ1v) is 28.9. The molecule has 6 aromatic rings. The Balaban J connectivity index is 1.24. The van der Waals surface area contributed by atoms with Gasteiger partial charge in [-0.2, -0.15) is 8.75 Å². The van der Waals surface area contributed by atoms with Crippen molar-refractivity contribution in [1.29, 1.82) is 0 Å². The number of fused-ring (bicyclic) bond motifs is 1. The second kappa shape index (κ2) is 27.2. The molecule has 6 rings (SSSR count). The molecule has 0 bridgehead atoms. The summed E-state index contributed by atoms with van der Waals surface area (Å²) in [5.74, 6) is 0. The maximum absolute atomic E-state index is 5.04. The van der Waals surface area contributed by atoms with Crippen molar-refractivity contribution in [2.24, 2.45) is 0 Å². The molecule has 61 heavy (non-hydrogen) atoms. The summed E-state index contributed by atoms with van der Waals surface area (Å²) in [7, 11) is 0. The summed E-state index contributed by atoms with van der Waals surface area (Å²) in [4.78, 5) is 8.57. The van der Waals surface area contributed by atoms with E-state index in [1.165, 1.54) is 241 Å². The number of hydrogen-bond donors (Lipinski definition) is 0. The maximum atomic E-state index is 5.04. The maximum Gasteiger partial charge on any atom is 0.114 e. The SMILES string of the molecule is CCCCCCCCc1csc(-c2sc(-c3ccc(-c4cc(CCCCCCCC)c(-c5cc(CCCCCCCC)cs5)s4)c4nsnc34)cc2CCCCCCCC)c1. The average Bonchev–Trinajstić information content (AvgIpc) is 4.13. The molecule has 0 aliphatic rings. The molecule has 5 heterocycles. The van der Waals surface area contributed by atoms with Crippen LogP contribution in [-0.2, 0) is 25.7 Å². The van der Waals surface area contributed by atoms with Crippen molar-refractivity contribution in [2.45, 2.75) is 207 Å². The molecule has 0 spiro atoms. The number of unbranched alkanes of at least 4 members (excludes halogenated alkanes) is 20. The van der Waals surface area contributed by atoms with E-state index in [1.807, 2.05) is 45.3 Å². The normalized spacial score (nSPS) is 11.8. The van der Waals surface area contributed by atoms with E-state index in [1.54, 1.807) is 0 Å². The van der Waals surface area contributed by atoms with Crippen LogP contribution in [-0.4, -0.2) is 8.75 Å². The van der Waals surface area contributed by atoms with Gasteiger partial charge in [-0.05, 0) is 109 Å². The fourth-order valence-corrected chi connectivity index (χ4v) is 14.1. The Morgan fingerprint density at radius 1 is 0.377 bits per heavy atom. The van der Waals surface area contributed by atoms with Gasteiger partial charge in [0.1, 0.15) is 11.0 Å².